The molecule has 21 heavy (non-hydrogen) atoms. The van der Waals surface area contributed by atoms with Gasteiger partial charge in [-0.15, -0.1) is 0 Å². The lowest BCUT2D eigenvalue weighted by Gasteiger charge is -2.19. The Labute approximate surface area is 121 Å². The summed E-state index contributed by atoms with van der Waals surface area (Å²) in [4.78, 5) is 33.1. The van der Waals surface area contributed by atoms with Crippen LogP contribution < -0.4 is 10.6 Å². The monoisotopic (exact) mass is 295 g/mol. The van der Waals surface area contributed by atoms with Gasteiger partial charge in [-0.3, -0.25) is 14.9 Å². The highest BCUT2D eigenvalue weighted by molar-refractivity contribution is 5.95. The van der Waals surface area contributed by atoms with E-state index < -0.39 is 22.8 Å². The van der Waals surface area contributed by atoms with Crippen LogP contribution in [0.3, 0.4) is 0 Å². The molecule has 0 saturated heterocycles. The zero-order chi connectivity index (χ0) is 16.2. The summed E-state index contributed by atoms with van der Waals surface area (Å²) in [5, 5.41) is 25.2. The second-order valence-corrected chi connectivity index (χ2v) is 4.77. The molecule has 0 bridgehead atoms. The van der Waals surface area contributed by atoms with Gasteiger partial charge in [0.15, 0.2) is 0 Å². The number of nitro benzene ring substituents is 1. The number of hydrogen-bond acceptors (Lipinski definition) is 5. The van der Waals surface area contributed by atoms with Gasteiger partial charge in [-0.25, -0.2) is 4.79 Å². The van der Waals surface area contributed by atoms with Crippen molar-refractivity contribution in [2.45, 2.75) is 19.9 Å². The van der Waals surface area contributed by atoms with Crippen LogP contribution in [-0.2, 0) is 4.79 Å². The molecule has 0 fully saturated rings. The molecule has 0 aromatic heterocycles. The fourth-order valence-corrected chi connectivity index (χ4v) is 1.77. The standard InChI is InChI=1S/C13H17N3O5/c1-7(2)11(13(18)19)15-9-5-4-8(12(17)14-3)6-10(9)16(20)21/h4-7,11,15H,1-3H3,(H,14,17)(H,18,19)/t11-/m1/s1. The number of rotatable bonds is 6. The summed E-state index contributed by atoms with van der Waals surface area (Å²) in [6.07, 6.45) is 0. The average Bonchev–Trinajstić information content (AvgIpc) is 2.42. The lowest BCUT2D eigenvalue weighted by atomic mass is 10.0. The quantitative estimate of drug-likeness (QED) is 0.539. The highest BCUT2D eigenvalue weighted by Crippen LogP contribution is 2.27. The van der Waals surface area contributed by atoms with Crippen LogP contribution in [0, 0.1) is 16.0 Å². The van der Waals surface area contributed by atoms with Crippen molar-refractivity contribution in [2.75, 3.05) is 12.4 Å². The Morgan fingerprint density at radius 3 is 2.38 bits per heavy atom. The number of amides is 1. The van der Waals surface area contributed by atoms with Crippen molar-refractivity contribution in [3.05, 3.63) is 33.9 Å². The van der Waals surface area contributed by atoms with Crippen molar-refractivity contribution in [1.29, 1.82) is 0 Å². The van der Waals surface area contributed by atoms with E-state index in [2.05, 4.69) is 10.6 Å². The molecule has 0 spiro atoms. The van der Waals surface area contributed by atoms with Crippen molar-refractivity contribution in [3.63, 3.8) is 0 Å². The number of nitrogens with zero attached hydrogens (tertiary/aromatic N) is 1. The number of aliphatic carboxylic acids is 1. The van der Waals surface area contributed by atoms with E-state index in [1.54, 1.807) is 13.8 Å². The van der Waals surface area contributed by atoms with E-state index in [1.165, 1.54) is 19.2 Å². The zero-order valence-electron chi connectivity index (χ0n) is 11.9. The second kappa shape index (κ2) is 6.69. The van der Waals surface area contributed by atoms with Gasteiger partial charge in [0, 0.05) is 18.7 Å². The maximum atomic E-state index is 11.5. The van der Waals surface area contributed by atoms with Crippen LogP contribution in [-0.4, -0.2) is 35.0 Å². The number of hydrogen-bond donors (Lipinski definition) is 3. The number of benzene rings is 1. The Kier molecular flexibility index (Phi) is 5.23. The molecule has 0 unspecified atom stereocenters. The number of carbonyl (C=O) groups excluding carboxylic acids is 1. The predicted octanol–water partition coefficient (Wildman–Crippen LogP) is 1.48. The molecule has 114 valence electrons. The van der Waals surface area contributed by atoms with E-state index in [4.69, 9.17) is 5.11 Å². The molecule has 0 aliphatic rings. The van der Waals surface area contributed by atoms with Crippen molar-refractivity contribution >= 4 is 23.3 Å². The molecule has 8 nitrogen and oxygen atoms in total. The number of anilines is 1. The predicted molar refractivity (Wildman–Crippen MR) is 76.4 cm³/mol. The van der Waals surface area contributed by atoms with Gasteiger partial charge in [-0.2, -0.15) is 0 Å². The van der Waals surface area contributed by atoms with Crippen molar-refractivity contribution in [1.82, 2.24) is 5.32 Å². The number of carboxylic acid groups (broad SMARTS) is 1. The molecule has 0 aliphatic carbocycles. The summed E-state index contributed by atoms with van der Waals surface area (Å²) in [5.74, 6) is -1.82. The summed E-state index contributed by atoms with van der Waals surface area (Å²) in [5.41, 5.74) is -0.150. The maximum Gasteiger partial charge on any atom is 0.326 e. The maximum absolute atomic E-state index is 11.5. The highest BCUT2D eigenvalue weighted by atomic mass is 16.6. The van der Waals surface area contributed by atoms with Crippen molar-refractivity contribution in [2.24, 2.45) is 5.92 Å². The van der Waals surface area contributed by atoms with Crippen molar-refractivity contribution < 1.29 is 19.6 Å². The number of nitro groups is 1. The molecule has 0 radical (unpaired) electrons. The molecule has 1 amide bonds. The molecular weight excluding hydrogens is 278 g/mol. The summed E-state index contributed by atoms with van der Waals surface area (Å²) in [6, 6.07) is 2.88. The van der Waals surface area contributed by atoms with E-state index in [-0.39, 0.29) is 22.9 Å². The molecule has 1 rings (SSSR count). The van der Waals surface area contributed by atoms with Gasteiger partial charge in [-0.1, -0.05) is 13.8 Å². The second-order valence-electron chi connectivity index (χ2n) is 4.77. The summed E-state index contributed by atoms with van der Waals surface area (Å²) >= 11 is 0. The molecule has 3 N–H and O–H groups in total. The first-order valence-corrected chi connectivity index (χ1v) is 6.27. The number of nitrogens with one attached hydrogen (secondary N) is 2. The van der Waals surface area contributed by atoms with Gasteiger partial charge in [0.25, 0.3) is 11.6 Å². The van der Waals surface area contributed by atoms with Gasteiger partial charge in [0.1, 0.15) is 11.7 Å². The van der Waals surface area contributed by atoms with Gasteiger partial charge in [-0.05, 0) is 18.1 Å². The molecule has 0 saturated carbocycles. The summed E-state index contributed by atoms with van der Waals surface area (Å²) in [6.45, 7) is 3.38. The Morgan fingerprint density at radius 2 is 1.95 bits per heavy atom. The third kappa shape index (κ3) is 3.91. The van der Waals surface area contributed by atoms with E-state index >= 15 is 0 Å². The lowest BCUT2D eigenvalue weighted by Crippen LogP contribution is -2.34. The summed E-state index contributed by atoms with van der Waals surface area (Å²) in [7, 11) is 1.42. The average molecular weight is 295 g/mol. The molecule has 1 aromatic carbocycles. The Bertz CT molecular complexity index is 571. The normalized spacial score (nSPS) is 11.8. The molecule has 0 aliphatic heterocycles. The third-order valence-electron chi connectivity index (χ3n) is 2.93. The Morgan fingerprint density at radius 1 is 1.33 bits per heavy atom. The van der Waals surface area contributed by atoms with Gasteiger partial charge < -0.3 is 15.7 Å². The van der Waals surface area contributed by atoms with Crippen LogP contribution in [0.15, 0.2) is 18.2 Å². The van der Waals surface area contributed by atoms with Gasteiger partial charge in [0.05, 0.1) is 4.92 Å². The van der Waals surface area contributed by atoms with Crippen LogP contribution in [0.2, 0.25) is 0 Å². The van der Waals surface area contributed by atoms with E-state index in [0.717, 1.165) is 6.07 Å². The van der Waals surface area contributed by atoms with E-state index in [0.29, 0.717) is 0 Å². The van der Waals surface area contributed by atoms with Crippen LogP contribution in [0.1, 0.15) is 24.2 Å². The lowest BCUT2D eigenvalue weighted by molar-refractivity contribution is -0.384. The first-order chi connectivity index (χ1) is 9.77. The summed E-state index contributed by atoms with van der Waals surface area (Å²) < 4.78 is 0. The molecule has 1 aromatic rings. The minimum absolute atomic E-state index is 0.0637. The van der Waals surface area contributed by atoms with Gasteiger partial charge >= 0.3 is 5.97 Å². The third-order valence-corrected chi connectivity index (χ3v) is 2.93. The van der Waals surface area contributed by atoms with Crippen LogP contribution in [0.4, 0.5) is 11.4 Å². The van der Waals surface area contributed by atoms with E-state index in [1.807, 2.05) is 0 Å². The first kappa shape index (κ1) is 16.4. The van der Waals surface area contributed by atoms with E-state index in [9.17, 15) is 19.7 Å². The Hall–Kier alpha value is -2.64. The molecular formula is C13H17N3O5. The number of carboxylic acids is 1. The highest BCUT2D eigenvalue weighted by Gasteiger charge is 2.25. The largest absolute Gasteiger partial charge is 0.480 e. The van der Waals surface area contributed by atoms with Crippen LogP contribution in [0.5, 0.6) is 0 Å². The minimum atomic E-state index is -1.10. The minimum Gasteiger partial charge on any atom is -0.480 e. The van der Waals surface area contributed by atoms with Crippen LogP contribution >= 0.6 is 0 Å². The SMILES string of the molecule is CNC(=O)c1ccc(N[C@@H](C(=O)O)C(C)C)c([N+](=O)[O-])c1. The smallest absolute Gasteiger partial charge is 0.326 e. The number of carbonyl (C=O) groups is 2. The molecule has 0 heterocycles. The molecule has 8 heteroatoms. The fourth-order valence-electron chi connectivity index (χ4n) is 1.77. The Balaban J connectivity index is 3.21. The molecule has 1 atom stereocenters. The van der Waals surface area contributed by atoms with Gasteiger partial charge in [0.2, 0.25) is 0 Å². The zero-order valence-corrected chi connectivity index (χ0v) is 11.9. The first-order valence-electron chi connectivity index (χ1n) is 6.27. The van der Waals surface area contributed by atoms with Crippen LogP contribution in [0.25, 0.3) is 0 Å². The van der Waals surface area contributed by atoms with Crippen molar-refractivity contribution in [3.8, 4) is 0 Å². The fraction of sp³-hybridized carbons (Fsp3) is 0.385. The topological polar surface area (TPSA) is 122 Å².